The van der Waals surface area contributed by atoms with E-state index in [0.29, 0.717) is 6.79 Å². The second-order valence-corrected chi connectivity index (χ2v) is 2.67. The summed E-state index contributed by atoms with van der Waals surface area (Å²) in [5.74, 6) is 0.764. The van der Waals surface area contributed by atoms with Crippen LogP contribution in [0.15, 0.2) is 10.2 Å². The van der Waals surface area contributed by atoms with Gasteiger partial charge in [0.15, 0.2) is 18.6 Å². The van der Waals surface area contributed by atoms with E-state index in [2.05, 4.69) is 15.6 Å². The van der Waals surface area contributed by atoms with Crippen LogP contribution in [0.5, 0.6) is 0 Å². The molecule has 3 heterocycles. The van der Waals surface area contributed by atoms with Gasteiger partial charge < -0.3 is 9.47 Å². The number of hydrogen-bond donors (Lipinski definition) is 1. The molecule has 1 N–H and O–H groups in total. The molecule has 3 aliphatic rings. The second kappa shape index (κ2) is 2.18. The fourth-order valence-corrected chi connectivity index (χ4v) is 1.41. The first-order valence-corrected chi connectivity index (χ1v) is 3.68. The van der Waals surface area contributed by atoms with Gasteiger partial charge in [-0.25, -0.2) is 5.01 Å². The van der Waals surface area contributed by atoms with Crippen molar-refractivity contribution in [3.8, 4) is 0 Å². The summed E-state index contributed by atoms with van der Waals surface area (Å²) < 4.78 is 10.6. The Kier molecular flexibility index (Phi) is 1.16. The normalized spacial score (nSPS) is 37.3. The van der Waals surface area contributed by atoms with Crippen LogP contribution in [-0.2, 0) is 9.47 Å². The average Bonchev–Trinajstić information content (AvgIpc) is 2.71. The molecule has 0 amide bonds. The molecule has 0 bridgehead atoms. The van der Waals surface area contributed by atoms with E-state index in [4.69, 9.17) is 9.47 Å². The van der Waals surface area contributed by atoms with E-state index in [9.17, 15) is 0 Å². The van der Waals surface area contributed by atoms with Crippen LogP contribution in [0.4, 0.5) is 0 Å². The Morgan fingerprint density at radius 1 is 1.58 bits per heavy atom. The number of amidine groups is 1. The number of ether oxygens (including phenoxy) is 2. The highest BCUT2D eigenvalue weighted by Gasteiger charge is 2.40. The molecular formula is C6H7N4O2. The zero-order valence-corrected chi connectivity index (χ0v) is 6.17. The Morgan fingerprint density at radius 3 is 3.58 bits per heavy atom. The van der Waals surface area contributed by atoms with E-state index < -0.39 is 0 Å². The van der Waals surface area contributed by atoms with Crippen molar-refractivity contribution in [1.29, 1.82) is 0 Å². The molecule has 12 heavy (non-hydrogen) atoms. The minimum Gasteiger partial charge on any atom is -0.343 e. The molecule has 2 unspecified atom stereocenters. The summed E-state index contributed by atoms with van der Waals surface area (Å²) in [4.78, 5) is 0. The standard InChI is InChI=1S/C6H7N4O2/c1-4-5(12-3-11-4)6-9-7-2-10(6)8-1/h1-2,4-5,7H,3H2. The Labute approximate surface area is 68.8 Å². The van der Waals surface area contributed by atoms with Crippen LogP contribution in [0.1, 0.15) is 0 Å². The molecule has 0 aromatic heterocycles. The predicted molar refractivity (Wildman–Crippen MR) is 39.8 cm³/mol. The van der Waals surface area contributed by atoms with Gasteiger partial charge in [-0.3, -0.25) is 5.43 Å². The van der Waals surface area contributed by atoms with Crippen LogP contribution < -0.4 is 5.43 Å². The molecule has 0 spiro atoms. The van der Waals surface area contributed by atoms with Gasteiger partial charge >= 0.3 is 0 Å². The molecule has 2 atom stereocenters. The maximum atomic E-state index is 5.32. The summed E-state index contributed by atoms with van der Waals surface area (Å²) in [6.07, 6.45) is 1.54. The first kappa shape index (κ1) is 6.38. The summed E-state index contributed by atoms with van der Waals surface area (Å²) in [7, 11) is 0. The molecule has 0 saturated carbocycles. The second-order valence-electron chi connectivity index (χ2n) is 2.67. The number of nitrogens with zero attached hydrogens (tertiary/aromatic N) is 3. The lowest BCUT2D eigenvalue weighted by atomic mass is 10.2. The van der Waals surface area contributed by atoms with Gasteiger partial charge in [-0.1, -0.05) is 0 Å². The van der Waals surface area contributed by atoms with E-state index in [1.54, 1.807) is 17.9 Å². The summed E-state index contributed by atoms with van der Waals surface area (Å²) in [5, 5.41) is 9.76. The van der Waals surface area contributed by atoms with Crippen molar-refractivity contribution >= 4 is 12.1 Å². The topological polar surface area (TPSA) is 58.5 Å². The Hall–Kier alpha value is -1.14. The number of hydrogen-bond acceptors (Lipinski definition) is 6. The van der Waals surface area contributed by atoms with Crippen molar-refractivity contribution in [2.24, 2.45) is 10.2 Å². The summed E-state index contributed by atoms with van der Waals surface area (Å²) in [6.45, 7) is 1.98. The molecular weight excluding hydrogens is 160 g/mol. The van der Waals surface area contributed by atoms with Gasteiger partial charge in [-0.2, -0.15) is 10.2 Å². The predicted octanol–water partition coefficient (Wildman–Crippen LogP) is -0.935. The number of rotatable bonds is 0. The highest BCUT2D eigenvalue weighted by Crippen LogP contribution is 2.21. The van der Waals surface area contributed by atoms with Crippen molar-refractivity contribution in [1.82, 2.24) is 10.4 Å². The highest BCUT2D eigenvalue weighted by atomic mass is 16.7. The van der Waals surface area contributed by atoms with Crippen molar-refractivity contribution in [2.45, 2.75) is 12.2 Å². The Morgan fingerprint density at radius 2 is 2.58 bits per heavy atom. The fourth-order valence-electron chi connectivity index (χ4n) is 1.41. The van der Waals surface area contributed by atoms with E-state index in [1.807, 2.05) is 0 Å². The van der Waals surface area contributed by atoms with E-state index in [-0.39, 0.29) is 12.2 Å². The number of fused-ring (bicyclic) bond motifs is 3. The van der Waals surface area contributed by atoms with Crippen molar-refractivity contribution < 1.29 is 9.47 Å². The van der Waals surface area contributed by atoms with Gasteiger partial charge in [0, 0.05) is 0 Å². The molecule has 63 valence electrons. The molecule has 0 aromatic rings. The molecule has 6 nitrogen and oxygen atoms in total. The third-order valence-corrected chi connectivity index (χ3v) is 1.99. The van der Waals surface area contributed by atoms with Gasteiger partial charge in [0.1, 0.15) is 12.9 Å². The van der Waals surface area contributed by atoms with E-state index in [0.717, 1.165) is 5.84 Å². The Bertz CT molecular complexity index is 264. The van der Waals surface area contributed by atoms with Gasteiger partial charge in [0.2, 0.25) is 0 Å². The molecule has 3 rings (SSSR count). The zero-order chi connectivity index (χ0) is 7.97. The fraction of sp³-hybridized carbons (Fsp3) is 0.500. The molecule has 6 heteroatoms. The third-order valence-electron chi connectivity index (χ3n) is 1.99. The van der Waals surface area contributed by atoms with Gasteiger partial charge in [0.25, 0.3) is 0 Å². The van der Waals surface area contributed by atoms with Crippen LogP contribution in [0.2, 0.25) is 0 Å². The number of hydrazone groups is 2. The first-order chi connectivity index (χ1) is 5.95. The molecule has 3 aliphatic heterocycles. The van der Waals surface area contributed by atoms with Gasteiger partial charge in [-0.05, 0) is 0 Å². The minimum atomic E-state index is -0.103. The van der Waals surface area contributed by atoms with Crippen LogP contribution in [-0.4, -0.2) is 36.1 Å². The van der Waals surface area contributed by atoms with Crippen LogP contribution >= 0.6 is 0 Å². The van der Waals surface area contributed by atoms with Gasteiger partial charge in [-0.15, -0.1) is 0 Å². The monoisotopic (exact) mass is 167 g/mol. The van der Waals surface area contributed by atoms with Crippen LogP contribution in [0.25, 0.3) is 0 Å². The minimum absolute atomic E-state index is 0.0756. The number of nitrogens with one attached hydrogen (secondary N) is 1. The van der Waals surface area contributed by atoms with Crippen LogP contribution in [0, 0.1) is 6.67 Å². The SMILES string of the molecule is [CH]1NN=C2C3OCOC3C=NN12. The first-order valence-electron chi connectivity index (χ1n) is 3.68. The molecule has 1 fully saturated rings. The molecule has 1 saturated heterocycles. The van der Waals surface area contributed by atoms with Crippen LogP contribution in [0.3, 0.4) is 0 Å². The lowest BCUT2D eigenvalue weighted by Gasteiger charge is -2.22. The van der Waals surface area contributed by atoms with E-state index >= 15 is 0 Å². The summed E-state index contributed by atoms with van der Waals surface area (Å²) in [6, 6.07) is 0. The Balaban J connectivity index is 1.98. The lowest BCUT2D eigenvalue weighted by molar-refractivity contribution is 0.0549. The largest absolute Gasteiger partial charge is 0.343 e. The highest BCUT2D eigenvalue weighted by molar-refractivity contribution is 5.94. The lowest BCUT2D eigenvalue weighted by Crippen LogP contribution is -2.43. The summed E-state index contributed by atoms with van der Waals surface area (Å²) >= 11 is 0. The maximum absolute atomic E-state index is 5.32. The summed E-state index contributed by atoms with van der Waals surface area (Å²) in [5.41, 5.74) is 2.72. The van der Waals surface area contributed by atoms with Gasteiger partial charge in [0.05, 0.1) is 6.21 Å². The smallest absolute Gasteiger partial charge is 0.179 e. The molecule has 0 aromatic carbocycles. The maximum Gasteiger partial charge on any atom is 0.179 e. The molecule has 0 aliphatic carbocycles. The van der Waals surface area contributed by atoms with Crippen molar-refractivity contribution in [2.75, 3.05) is 6.79 Å². The zero-order valence-electron chi connectivity index (χ0n) is 6.17. The van der Waals surface area contributed by atoms with Crippen molar-refractivity contribution in [3.63, 3.8) is 0 Å². The van der Waals surface area contributed by atoms with E-state index in [1.165, 1.54) is 0 Å². The quantitative estimate of drug-likeness (QED) is 0.506. The molecule has 1 radical (unpaired) electrons. The third kappa shape index (κ3) is 0.705. The average molecular weight is 167 g/mol. The van der Waals surface area contributed by atoms with Crippen molar-refractivity contribution in [3.05, 3.63) is 6.67 Å².